The molecule has 128 valence electrons. The second kappa shape index (κ2) is 7.53. The van der Waals surface area contributed by atoms with Crippen molar-refractivity contribution in [3.63, 3.8) is 0 Å². The second-order valence-electron chi connectivity index (χ2n) is 5.89. The minimum Gasteiger partial charge on any atom is -0.373 e. The maximum atomic E-state index is 13.6. The molecule has 2 atom stereocenters. The third kappa shape index (κ3) is 3.62. The third-order valence-electron chi connectivity index (χ3n) is 4.29. The molecule has 3 rings (SSSR count). The summed E-state index contributed by atoms with van der Waals surface area (Å²) in [6, 6.07) is 1.38. The number of ether oxygens (including phenoxy) is 1. The van der Waals surface area contributed by atoms with Crippen molar-refractivity contribution >= 4 is 5.91 Å². The number of carbonyl (C=O) groups excluding carboxylic acids is 1. The van der Waals surface area contributed by atoms with Crippen molar-refractivity contribution in [2.75, 3.05) is 13.2 Å². The van der Waals surface area contributed by atoms with Crippen molar-refractivity contribution in [2.45, 2.75) is 32.4 Å². The zero-order chi connectivity index (χ0) is 16.9. The van der Waals surface area contributed by atoms with Gasteiger partial charge in [0.1, 0.15) is 0 Å². The summed E-state index contributed by atoms with van der Waals surface area (Å²) >= 11 is 0. The van der Waals surface area contributed by atoms with E-state index in [1.54, 1.807) is 0 Å². The van der Waals surface area contributed by atoms with E-state index in [0.29, 0.717) is 13.2 Å². The van der Waals surface area contributed by atoms with Gasteiger partial charge in [0.25, 0.3) is 5.91 Å². The number of amides is 1. The number of hydrogen-bond acceptors (Lipinski definition) is 4. The average Bonchev–Trinajstić information content (AvgIpc) is 3.09. The lowest BCUT2D eigenvalue weighted by molar-refractivity contribution is -0.0273. The molecule has 0 unspecified atom stereocenters. The molecule has 1 aliphatic rings. The molecule has 0 radical (unpaired) electrons. The standard InChI is InChI=1S/C17H21FN4O2/c1-2-22-11-13(9-21-22)16-12(4-3-7-24-16)8-20-17(23)14-5-6-19-10-15(14)18/h5-6,9-12,16H,2-4,7-8H2,1H3,(H,20,23)/t12-,16+/m0/s1. The summed E-state index contributed by atoms with van der Waals surface area (Å²) in [4.78, 5) is 15.8. The molecule has 1 N–H and O–H groups in total. The molecule has 1 amide bonds. The topological polar surface area (TPSA) is 69.0 Å². The number of aryl methyl sites for hydroxylation is 1. The van der Waals surface area contributed by atoms with Gasteiger partial charge in [0.2, 0.25) is 0 Å². The van der Waals surface area contributed by atoms with E-state index in [-0.39, 0.29) is 17.6 Å². The van der Waals surface area contributed by atoms with Crippen LogP contribution in [0.5, 0.6) is 0 Å². The van der Waals surface area contributed by atoms with E-state index >= 15 is 0 Å². The van der Waals surface area contributed by atoms with Gasteiger partial charge < -0.3 is 10.1 Å². The number of halogens is 1. The predicted molar refractivity (Wildman–Crippen MR) is 85.8 cm³/mol. The van der Waals surface area contributed by atoms with Gasteiger partial charge in [-0.3, -0.25) is 14.5 Å². The maximum absolute atomic E-state index is 13.6. The van der Waals surface area contributed by atoms with Crippen LogP contribution in [0.4, 0.5) is 4.39 Å². The van der Waals surface area contributed by atoms with Gasteiger partial charge in [-0.15, -0.1) is 0 Å². The summed E-state index contributed by atoms with van der Waals surface area (Å²) in [5.74, 6) is -0.902. The van der Waals surface area contributed by atoms with E-state index in [1.165, 1.54) is 12.3 Å². The molecule has 1 fully saturated rings. The van der Waals surface area contributed by atoms with Crippen molar-refractivity contribution in [1.29, 1.82) is 0 Å². The molecule has 0 aliphatic carbocycles. The first kappa shape index (κ1) is 16.6. The molecule has 0 spiro atoms. The van der Waals surface area contributed by atoms with Gasteiger partial charge >= 0.3 is 0 Å². The number of hydrogen-bond donors (Lipinski definition) is 1. The lowest BCUT2D eigenvalue weighted by atomic mass is 9.90. The van der Waals surface area contributed by atoms with Gasteiger partial charge in [-0.05, 0) is 25.8 Å². The molecule has 1 saturated heterocycles. The van der Waals surface area contributed by atoms with Gasteiger partial charge in [-0.1, -0.05) is 0 Å². The summed E-state index contributed by atoms with van der Waals surface area (Å²) < 4.78 is 21.4. The molecule has 0 aromatic carbocycles. The van der Waals surface area contributed by atoms with Crippen LogP contribution in [0.15, 0.2) is 30.9 Å². The Hall–Kier alpha value is -2.28. The van der Waals surface area contributed by atoms with E-state index in [1.807, 2.05) is 24.0 Å². The van der Waals surface area contributed by atoms with Crippen LogP contribution in [-0.2, 0) is 11.3 Å². The van der Waals surface area contributed by atoms with E-state index in [4.69, 9.17) is 4.74 Å². The number of rotatable bonds is 5. The molecule has 0 saturated carbocycles. The van der Waals surface area contributed by atoms with Gasteiger partial charge in [-0.25, -0.2) is 4.39 Å². The van der Waals surface area contributed by atoms with Crippen molar-refractivity contribution in [1.82, 2.24) is 20.1 Å². The first-order chi connectivity index (χ1) is 11.7. The highest BCUT2D eigenvalue weighted by molar-refractivity contribution is 5.94. The molecular formula is C17H21FN4O2. The summed E-state index contributed by atoms with van der Waals surface area (Å²) in [5, 5.41) is 7.11. The Kier molecular flexibility index (Phi) is 5.20. The molecule has 0 bridgehead atoms. The quantitative estimate of drug-likeness (QED) is 0.912. The van der Waals surface area contributed by atoms with Crippen LogP contribution in [0, 0.1) is 11.7 Å². The Balaban J connectivity index is 1.66. The highest BCUT2D eigenvalue weighted by atomic mass is 19.1. The Morgan fingerprint density at radius 2 is 2.38 bits per heavy atom. The molecule has 3 heterocycles. The summed E-state index contributed by atoms with van der Waals surface area (Å²) in [6.45, 7) is 3.96. The lowest BCUT2D eigenvalue weighted by Gasteiger charge is -2.31. The summed E-state index contributed by atoms with van der Waals surface area (Å²) in [7, 11) is 0. The van der Waals surface area contributed by atoms with Crippen molar-refractivity contribution in [3.8, 4) is 0 Å². The Morgan fingerprint density at radius 1 is 1.50 bits per heavy atom. The zero-order valence-electron chi connectivity index (χ0n) is 13.6. The molecular weight excluding hydrogens is 311 g/mol. The maximum Gasteiger partial charge on any atom is 0.254 e. The van der Waals surface area contributed by atoms with Gasteiger partial charge in [0.15, 0.2) is 5.82 Å². The fourth-order valence-electron chi connectivity index (χ4n) is 3.00. The Labute approximate surface area is 140 Å². The van der Waals surface area contributed by atoms with E-state index in [9.17, 15) is 9.18 Å². The first-order valence-corrected chi connectivity index (χ1v) is 8.20. The first-order valence-electron chi connectivity index (χ1n) is 8.20. The second-order valence-corrected chi connectivity index (χ2v) is 5.89. The van der Waals surface area contributed by atoms with E-state index < -0.39 is 11.7 Å². The van der Waals surface area contributed by atoms with Gasteiger partial charge in [0, 0.05) is 43.6 Å². The molecule has 6 nitrogen and oxygen atoms in total. The summed E-state index contributed by atoms with van der Waals surface area (Å²) in [5.41, 5.74) is 1.03. The number of aromatic nitrogens is 3. The number of pyridine rings is 1. The van der Waals surface area contributed by atoms with Crippen LogP contribution in [0.2, 0.25) is 0 Å². The summed E-state index contributed by atoms with van der Waals surface area (Å²) in [6.07, 6.45) is 8.04. The number of carbonyl (C=O) groups is 1. The third-order valence-corrected chi connectivity index (χ3v) is 4.29. The molecule has 2 aromatic rings. The van der Waals surface area contributed by atoms with E-state index in [0.717, 1.165) is 31.1 Å². The fourth-order valence-corrected chi connectivity index (χ4v) is 3.00. The molecule has 7 heteroatoms. The molecule has 24 heavy (non-hydrogen) atoms. The van der Waals surface area contributed by atoms with Crippen LogP contribution in [0.1, 0.15) is 41.8 Å². The minimum absolute atomic E-state index is 0.0112. The average molecular weight is 332 g/mol. The monoisotopic (exact) mass is 332 g/mol. The van der Waals surface area contributed by atoms with Crippen molar-refractivity contribution < 1.29 is 13.9 Å². The number of nitrogens with one attached hydrogen (secondary N) is 1. The van der Waals surface area contributed by atoms with Crippen LogP contribution < -0.4 is 5.32 Å². The van der Waals surface area contributed by atoms with Crippen LogP contribution in [-0.4, -0.2) is 33.8 Å². The minimum atomic E-state index is -0.615. The largest absolute Gasteiger partial charge is 0.373 e. The normalized spacial score (nSPS) is 20.8. The number of nitrogens with zero attached hydrogens (tertiary/aromatic N) is 3. The lowest BCUT2D eigenvalue weighted by Crippen LogP contribution is -2.35. The smallest absolute Gasteiger partial charge is 0.254 e. The predicted octanol–water partition coefficient (Wildman–Crippen LogP) is 2.33. The van der Waals surface area contributed by atoms with Crippen LogP contribution in [0.25, 0.3) is 0 Å². The molecule has 2 aromatic heterocycles. The zero-order valence-corrected chi connectivity index (χ0v) is 13.6. The SMILES string of the molecule is CCn1cc([C@@H]2OCCC[C@H]2CNC(=O)c2ccncc2F)cn1. The Bertz CT molecular complexity index is 703. The molecule has 1 aliphatic heterocycles. The highest BCUT2D eigenvalue weighted by Crippen LogP contribution is 2.33. The fraction of sp³-hybridized carbons (Fsp3) is 0.471. The van der Waals surface area contributed by atoms with Crippen LogP contribution >= 0.6 is 0 Å². The van der Waals surface area contributed by atoms with Crippen molar-refractivity contribution in [3.05, 3.63) is 47.8 Å². The highest BCUT2D eigenvalue weighted by Gasteiger charge is 2.29. The van der Waals surface area contributed by atoms with E-state index in [2.05, 4.69) is 15.4 Å². The van der Waals surface area contributed by atoms with Crippen LogP contribution in [0.3, 0.4) is 0 Å². The van der Waals surface area contributed by atoms with Crippen molar-refractivity contribution in [2.24, 2.45) is 5.92 Å². The van der Waals surface area contributed by atoms with Gasteiger partial charge in [0.05, 0.1) is 24.1 Å². The Morgan fingerprint density at radius 3 is 3.12 bits per heavy atom. The van der Waals surface area contributed by atoms with Gasteiger partial charge in [-0.2, -0.15) is 5.10 Å².